The van der Waals surface area contributed by atoms with Crippen molar-refractivity contribution in [1.29, 1.82) is 0 Å². The first kappa shape index (κ1) is 19.5. The number of hydrogen-bond donors (Lipinski definition) is 1. The Kier molecular flexibility index (Phi) is 6.88. The topological polar surface area (TPSA) is 69.7 Å². The molecule has 0 spiro atoms. The SMILES string of the molecule is CNCCCC(=O)N1CCN(S(=O)(=O)c2ccc(Cl)c(Cl)c2)CC1. The largest absolute Gasteiger partial charge is 0.340 e. The number of carbonyl (C=O) groups excluding carboxylic acids is 1. The average molecular weight is 394 g/mol. The lowest BCUT2D eigenvalue weighted by atomic mass is 10.2. The number of benzene rings is 1. The van der Waals surface area contributed by atoms with E-state index in [0.717, 1.165) is 13.0 Å². The number of carbonyl (C=O) groups is 1. The molecule has 0 atom stereocenters. The van der Waals surface area contributed by atoms with Crippen molar-refractivity contribution in [1.82, 2.24) is 14.5 Å². The molecule has 2 rings (SSSR count). The number of amides is 1. The highest BCUT2D eigenvalue weighted by molar-refractivity contribution is 7.89. The van der Waals surface area contributed by atoms with Gasteiger partial charge in [-0.25, -0.2) is 8.42 Å². The van der Waals surface area contributed by atoms with Gasteiger partial charge in [-0.15, -0.1) is 0 Å². The molecule has 1 saturated heterocycles. The first-order chi connectivity index (χ1) is 11.4. The maximum atomic E-state index is 12.7. The summed E-state index contributed by atoms with van der Waals surface area (Å²) in [5.74, 6) is 0.0665. The molecule has 0 aromatic heterocycles. The zero-order valence-electron chi connectivity index (χ0n) is 13.5. The fraction of sp³-hybridized carbons (Fsp3) is 0.533. The normalized spacial score (nSPS) is 16.4. The van der Waals surface area contributed by atoms with Crippen LogP contribution in [-0.2, 0) is 14.8 Å². The first-order valence-electron chi connectivity index (χ1n) is 7.74. The molecule has 0 aliphatic carbocycles. The molecule has 0 radical (unpaired) electrons. The van der Waals surface area contributed by atoms with E-state index in [4.69, 9.17) is 23.2 Å². The Hall–Kier alpha value is -0.860. The van der Waals surface area contributed by atoms with Gasteiger partial charge in [0.2, 0.25) is 15.9 Å². The van der Waals surface area contributed by atoms with Gasteiger partial charge in [0.25, 0.3) is 0 Å². The predicted octanol–water partition coefficient (Wildman–Crippen LogP) is 1.83. The van der Waals surface area contributed by atoms with E-state index in [1.54, 1.807) is 4.90 Å². The van der Waals surface area contributed by atoms with Gasteiger partial charge in [-0.3, -0.25) is 4.79 Å². The van der Waals surface area contributed by atoms with Crippen molar-refractivity contribution in [2.75, 3.05) is 39.8 Å². The van der Waals surface area contributed by atoms with Crippen molar-refractivity contribution in [3.05, 3.63) is 28.2 Å². The van der Waals surface area contributed by atoms with Crippen LogP contribution in [0.1, 0.15) is 12.8 Å². The second-order valence-electron chi connectivity index (χ2n) is 5.57. The Labute approximate surface area is 152 Å². The van der Waals surface area contributed by atoms with Crippen molar-refractivity contribution < 1.29 is 13.2 Å². The van der Waals surface area contributed by atoms with E-state index in [9.17, 15) is 13.2 Å². The van der Waals surface area contributed by atoms with Crippen LogP contribution >= 0.6 is 23.2 Å². The summed E-state index contributed by atoms with van der Waals surface area (Å²) in [6, 6.07) is 4.27. The van der Waals surface area contributed by atoms with E-state index in [2.05, 4.69) is 5.32 Å². The second-order valence-corrected chi connectivity index (χ2v) is 8.32. The highest BCUT2D eigenvalue weighted by Crippen LogP contribution is 2.27. The lowest BCUT2D eigenvalue weighted by molar-refractivity contribution is -0.132. The van der Waals surface area contributed by atoms with Gasteiger partial charge in [0.05, 0.1) is 14.9 Å². The quantitative estimate of drug-likeness (QED) is 0.748. The minimum absolute atomic E-state index is 0.0665. The maximum Gasteiger partial charge on any atom is 0.243 e. The number of halogens is 2. The standard InChI is InChI=1S/C15H21Cl2N3O3S/c1-18-6-2-3-15(21)19-7-9-20(10-8-19)24(22,23)12-4-5-13(16)14(17)11-12/h4-5,11,18H,2-3,6-10H2,1H3. The summed E-state index contributed by atoms with van der Waals surface area (Å²) < 4.78 is 26.7. The molecule has 134 valence electrons. The fourth-order valence-electron chi connectivity index (χ4n) is 2.54. The van der Waals surface area contributed by atoms with Gasteiger partial charge in [0.1, 0.15) is 0 Å². The Morgan fingerprint density at radius 3 is 2.42 bits per heavy atom. The summed E-state index contributed by atoms with van der Waals surface area (Å²) >= 11 is 11.7. The molecular formula is C15H21Cl2N3O3S. The Bertz CT molecular complexity index is 689. The second kappa shape index (κ2) is 8.49. The molecular weight excluding hydrogens is 373 g/mol. The Balaban J connectivity index is 1.98. The number of nitrogens with zero attached hydrogens (tertiary/aromatic N) is 2. The van der Waals surface area contributed by atoms with Gasteiger partial charge in [-0.05, 0) is 38.2 Å². The summed E-state index contributed by atoms with van der Waals surface area (Å²) in [5.41, 5.74) is 0. The van der Waals surface area contributed by atoms with Crippen molar-refractivity contribution in [2.24, 2.45) is 0 Å². The van der Waals surface area contributed by atoms with Crippen LogP contribution in [0.15, 0.2) is 23.1 Å². The van der Waals surface area contributed by atoms with Gasteiger partial charge in [-0.1, -0.05) is 23.2 Å². The van der Waals surface area contributed by atoms with Crippen LogP contribution in [0.2, 0.25) is 10.0 Å². The molecule has 1 fully saturated rings. The van der Waals surface area contributed by atoms with Crippen LogP contribution in [0.3, 0.4) is 0 Å². The predicted molar refractivity (Wildman–Crippen MR) is 95.0 cm³/mol. The molecule has 24 heavy (non-hydrogen) atoms. The minimum Gasteiger partial charge on any atom is -0.340 e. The zero-order valence-corrected chi connectivity index (χ0v) is 15.8. The van der Waals surface area contributed by atoms with Crippen LogP contribution in [0.4, 0.5) is 0 Å². The van der Waals surface area contributed by atoms with Crippen molar-refractivity contribution in [2.45, 2.75) is 17.7 Å². The molecule has 0 unspecified atom stereocenters. The fourth-order valence-corrected chi connectivity index (χ4v) is 4.35. The molecule has 1 aromatic rings. The molecule has 1 aliphatic heterocycles. The van der Waals surface area contributed by atoms with Crippen LogP contribution in [-0.4, -0.2) is 63.3 Å². The molecule has 1 heterocycles. The average Bonchev–Trinajstić information content (AvgIpc) is 2.57. The number of piperazine rings is 1. The van der Waals surface area contributed by atoms with E-state index < -0.39 is 10.0 Å². The lowest BCUT2D eigenvalue weighted by Gasteiger charge is -2.34. The third kappa shape index (κ3) is 4.61. The third-order valence-electron chi connectivity index (χ3n) is 3.94. The smallest absolute Gasteiger partial charge is 0.243 e. The highest BCUT2D eigenvalue weighted by atomic mass is 35.5. The van der Waals surface area contributed by atoms with Gasteiger partial charge >= 0.3 is 0 Å². The minimum atomic E-state index is -3.63. The molecule has 0 saturated carbocycles. The Morgan fingerprint density at radius 2 is 1.83 bits per heavy atom. The molecule has 1 aromatic carbocycles. The summed E-state index contributed by atoms with van der Waals surface area (Å²) in [5, 5.41) is 3.52. The van der Waals surface area contributed by atoms with Gasteiger partial charge in [0.15, 0.2) is 0 Å². The van der Waals surface area contributed by atoms with Crippen LogP contribution in [0.5, 0.6) is 0 Å². The Morgan fingerprint density at radius 1 is 1.17 bits per heavy atom. The van der Waals surface area contributed by atoms with Crippen molar-refractivity contribution >= 4 is 39.1 Å². The number of nitrogens with one attached hydrogen (secondary N) is 1. The van der Waals surface area contributed by atoms with E-state index in [-0.39, 0.29) is 28.9 Å². The summed E-state index contributed by atoms with van der Waals surface area (Å²) in [6.07, 6.45) is 1.25. The van der Waals surface area contributed by atoms with E-state index in [0.29, 0.717) is 24.5 Å². The summed E-state index contributed by atoms with van der Waals surface area (Å²) in [6.45, 7) is 2.15. The van der Waals surface area contributed by atoms with Crippen molar-refractivity contribution in [3.8, 4) is 0 Å². The van der Waals surface area contributed by atoms with Crippen molar-refractivity contribution in [3.63, 3.8) is 0 Å². The summed E-state index contributed by atoms with van der Waals surface area (Å²) in [7, 11) is -1.78. The van der Waals surface area contributed by atoms with E-state index in [1.807, 2.05) is 7.05 Å². The van der Waals surface area contributed by atoms with Gasteiger partial charge in [-0.2, -0.15) is 4.31 Å². The summed E-state index contributed by atoms with van der Waals surface area (Å²) in [4.78, 5) is 13.9. The molecule has 6 nitrogen and oxygen atoms in total. The van der Waals surface area contributed by atoms with Gasteiger partial charge < -0.3 is 10.2 Å². The van der Waals surface area contributed by atoms with Crippen LogP contribution in [0, 0.1) is 0 Å². The maximum absolute atomic E-state index is 12.7. The number of sulfonamides is 1. The molecule has 0 bridgehead atoms. The molecule has 9 heteroatoms. The highest BCUT2D eigenvalue weighted by Gasteiger charge is 2.30. The third-order valence-corrected chi connectivity index (χ3v) is 6.57. The number of hydrogen-bond acceptors (Lipinski definition) is 4. The molecule has 1 amide bonds. The van der Waals surface area contributed by atoms with E-state index >= 15 is 0 Å². The zero-order chi connectivity index (χ0) is 17.7. The molecule has 1 N–H and O–H groups in total. The lowest BCUT2D eigenvalue weighted by Crippen LogP contribution is -2.50. The molecule has 1 aliphatic rings. The monoisotopic (exact) mass is 393 g/mol. The van der Waals surface area contributed by atoms with E-state index in [1.165, 1.54) is 22.5 Å². The van der Waals surface area contributed by atoms with Gasteiger partial charge in [0, 0.05) is 32.6 Å². The van der Waals surface area contributed by atoms with Crippen LogP contribution in [0.25, 0.3) is 0 Å². The number of rotatable bonds is 6. The first-order valence-corrected chi connectivity index (χ1v) is 9.93. The van der Waals surface area contributed by atoms with Crippen LogP contribution < -0.4 is 5.32 Å².